The Hall–Kier alpha value is -1.13. The van der Waals surface area contributed by atoms with Gasteiger partial charge in [0.2, 0.25) is 5.91 Å². The lowest BCUT2D eigenvalue weighted by Crippen LogP contribution is -2.55. The summed E-state index contributed by atoms with van der Waals surface area (Å²) in [5.41, 5.74) is 6.18. The van der Waals surface area contributed by atoms with Crippen LogP contribution >= 0.6 is 12.4 Å². The molecule has 1 aliphatic rings. The van der Waals surface area contributed by atoms with Crippen LogP contribution in [0.15, 0.2) is 24.3 Å². The van der Waals surface area contributed by atoms with Crippen molar-refractivity contribution >= 4 is 18.3 Å². The molecule has 3 nitrogen and oxygen atoms in total. The maximum absolute atomic E-state index is 13.3. The molecule has 0 heterocycles. The smallest absolute Gasteiger partial charge is 0.224 e. The van der Waals surface area contributed by atoms with E-state index in [0.29, 0.717) is 12.1 Å². The van der Waals surface area contributed by atoms with Crippen LogP contribution in [0.1, 0.15) is 24.8 Å². The van der Waals surface area contributed by atoms with Crippen molar-refractivity contribution in [2.75, 3.05) is 6.54 Å². The van der Waals surface area contributed by atoms with Gasteiger partial charge in [0.05, 0.1) is 6.42 Å². The number of benzene rings is 1. The van der Waals surface area contributed by atoms with Crippen molar-refractivity contribution in [3.63, 3.8) is 0 Å². The van der Waals surface area contributed by atoms with E-state index < -0.39 is 0 Å². The van der Waals surface area contributed by atoms with Crippen molar-refractivity contribution < 1.29 is 9.18 Å². The molecular weight excluding hydrogens is 255 g/mol. The molecule has 0 radical (unpaired) electrons. The van der Waals surface area contributed by atoms with Gasteiger partial charge in [-0.2, -0.15) is 0 Å². The van der Waals surface area contributed by atoms with E-state index in [4.69, 9.17) is 5.73 Å². The molecule has 0 aliphatic heterocycles. The maximum atomic E-state index is 13.3. The average molecular weight is 273 g/mol. The molecule has 3 N–H and O–H groups in total. The number of carbonyl (C=O) groups is 1. The van der Waals surface area contributed by atoms with Gasteiger partial charge in [-0.15, -0.1) is 12.4 Å². The molecule has 1 saturated carbocycles. The SMILES string of the molecule is Cl.NC1(CNC(=O)Cc2ccccc2F)CCC1. The van der Waals surface area contributed by atoms with Crippen LogP contribution in [0.4, 0.5) is 4.39 Å². The summed E-state index contributed by atoms with van der Waals surface area (Å²) < 4.78 is 13.3. The topological polar surface area (TPSA) is 55.1 Å². The first-order valence-electron chi connectivity index (χ1n) is 5.88. The fourth-order valence-electron chi connectivity index (χ4n) is 1.96. The maximum Gasteiger partial charge on any atom is 0.224 e. The van der Waals surface area contributed by atoms with E-state index in [1.165, 1.54) is 6.07 Å². The Kier molecular flexibility index (Phi) is 5.11. The van der Waals surface area contributed by atoms with Crippen molar-refractivity contribution in [3.05, 3.63) is 35.6 Å². The predicted octanol–water partition coefficient (Wildman–Crippen LogP) is 1.79. The predicted molar refractivity (Wildman–Crippen MR) is 71.1 cm³/mol. The number of rotatable bonds is 4. The molecule has 0 spiro atoms. The summed E-state index contributed by atoms with van der Waals surface area (Å²) in [6.07, 6.45) is 3.10. The standard InChI is InChI=1S/C13H17FN2O.ClH/c14-11-5-2-1-4-10(11)8-12(17)16-9-13(15)6-3-7-13;/h1-2,4-5H,3,6-9,15H2,(H,16,17);1H. The monoisotopic (exact) mass is 272 g/mol. The zero-order chi connectivity index (χ0) is 12.3. The van der Waals surface area contributed by atoms with Crippen molar-refractivity contribution in [2.45, 2.75) is 31.2 Å². The van der Waals surface area contributed by atoms with Gasteiger partial charge in [-0.1, -0.05) is 18.2 Å². The van der Waals surface area contributed by atoms with Gasteiger partial charge in [-0.3, -0.25) is 4.79 Å². The lowest BCUT2D eigenvalue weighted by atomic mass is 9.78. The minimum atomic E-state index is -0.339. The first-order valence-corrected chi connectivity index (χ1v) is 5.88. The Morgan fingerprint density at radius 2 is 2.06 bits per heavy atom. The molecular formula is C13H18ClFN2O. The molecule has 0 saturated heterocycles. The van der Waals surface area contributed by atoms with Crippen LogP contribution in [0.5, 0.6) is 0 Å². The van der Waals surface area contributed by atoms with Crippen molar-refractivity contribution in [1.29, 1.82) is 0 Å². The first-order chi connectivity index (χ1) is 8.09. The van der Waals surface area contributed by atoms with Gasteiger partial charge in [0.25, 0.3) is 0 Å². The van der Waals surface area contributed by atoms with Crippen LogP contribution in [0.25, 0.3) is 0 Å². The normalized spacial score (nSPS) is 16.3. The van der Waals surface area contributed by atoms with Crippen molar-refractivity contribution in [3.8, 4) is 0 Å². The molecule has 1 aromatic rings. The minimum absolute atomic E-state index is 0. The molecule has 0 bridgehead atoms. The fourth-order valence-corrected chi connectivity index (χ4v) is 1.96. The summed E-state index contributed by atoms with van der Waals surface area (Å²) in [5, 5.41) is 2.77. The van der Waals surface area contributed by atoms with Crippen LogP contribution in [0, 0.1) is 5.82 Å². The zero-order valence-electron chi connectivity index (χ0n) is 10.1. The van der Waals surface area contributed by atoms with Gasteiger partial charge in [0, 0.05) is 12.1 Å². The molecule has 0 atom stereocenters. The Labute approximate surface area is 112 Å². The number of nitrogens with one attached hydrogen (secondary N) is 1. The third-order valence-corrected chi connectivity index (χ3v) is 3.30. The average Bonchev–Trinajstić information content (AvgIpc) is 2.27. The molecule has 1 fully saturated rings. The van der Waals surface area contributed by atoms with E-state index >= 15 is 0 Å². The van der Waals surface area contributed by atoms with E-state index in [-0.39, 0.29) is 36.1 Å². The summed E-state index contributed by atoms with van der Waals surface area (Å²) in [7, 11) is 0. The Morgan fingerprint density at radius 1 is 1.39 bits per heavy atom. The number of amides is 1. The fraction of sp³-hybridized carbons (Fsp3) is 0.462. The minimum Gasteiger partial charge on any atom is -0.354 e. The summed E-state index contributed by atoms with van der Waals surface area (Å²) >= 11 is 0. The Bertz CT molecular complexity index is 421. The summed E-state index contributed by atoms with van der Waals surface area (Å²) in [4.78, 5) is 11.6. The Balaban J connectivity index is 0.00000162. The zero-order valence-corrected chi connectivity index (χ0v) is 10.9. The van der Waals surface area contributed by atoms with Gasteiger partial charge < -0.3 is 11.1 Å². The molecule has 1 aliphatic carbocycles. The number of hydrogen-bond acceptors (Lipinski definition) is 2. The third kappa shape index (κ3) is 3.68. The van der Waals surface area contributed by atoms with E-state index in [1.807, 2.05) is 0 Å². The summed E-state index contributed by atoms with van der Waals surface area (Å²) in [6.45, 7) is 0.486. The highest BCUT2D eigenvalue weighted by atomic mass is 35.5. The van der Waals surface area contributed by atoms with E-state index in [9.17, 15) is 9.18 Å². The molecule has 2 rings (SSSR count). The Morgan fingerprint density at radius 3 is 2.61 bits per heavy atom. The van der Waals surface area contributed by atoms with E-state index in [0.717, 1.165) is 19.3 Å². The molecule has 1 amide bonds. The van der Waals surface area contributed by atoms with Crippen LogP contribution in [0.2, 0.25) is 0 Å². The van der Waals surface area contributed by atoms with Gasteiger partial charge in [0.1, 0.15) is 5.82 Å². The highest BCUT2D eigenvalue weighted by Crippen LogP contribution is 2.28. The summed E-state index contributed by atoms with van der Waals surface area (Å²) in [6, 6.07) is 6.32. The van der Waals surface area contributed by atoms with Crippen molar-refractivity contribution in [1.82, 2.24) is 5.32 Å². The third-order valence-electron chi connectivity index (χ3n) is 3.30. The highest BCUT2D eigenvalue weighted by molar-refractivity contribution is 5.85. The van der Waals surface area contributed by atoms with Gasteiger partial charge in [0.15, 0.2) is 0 Å². The lowest BCUT2D eigenvalue weighted by molar-refractivity contribution is -0.120. The highest BCUT2D eigenvalue weighted by Gasteiger charge is 2.32. The van der Waals surface area contributed by atoms with Crippen molar-refractivity contribution in [2.24, 2.45) is 5.73 Å². The number of halogens is 2. The second-order valence-electron chi connectivity index (χ2n) is 4.76. The van der Waals surface area contributed by atoms with Crippen LogP contribution < -0.4 is 11.1 Å². The number of carbonyl (C=O) groups excluding carboxylic acids is 1. The quantitative estimate of drug-likeness (QED) is 0.878. The second kappa shape index (κ2) is 6.16. The molecule has 0 aromatic heterocycles. The largest absolute Gasteiger partial charge is 0.354 e. The molecule has 18 heavy (non-hydrogen) atoms. The van der Waals surface area contributed by atoms with Crippen LogP contribution in [0.3, 0.4) is 0 Å². The molecule has 100 valence electrons. The van der Waals surface area contributed by atoms with Gasteiger partial charge >= 0.3 is 0 Å². The van der Waals surface area contributed by atoms with E-state index in [2.05, 4.69) is 5.32 Å². The molecule has 1 aromatic carbocycles. The van der Waals surface area contributed by atoms with Crippen LogP contribution in [-0.2, 0) is 11.2 Å². The van der Waals surface area contributed by atoms with Gasteiger partial charge in [-0.25, -0.2) is 4.39 Å². The lowest BCUT2D eigenvalue weighted by Gasteiger charge is -2.38. The molecule has 0 unspecified atom stereocenters. The first kappa shape index (κ1) is 14.9. The van der Waals surface area contributed by atoms with E-state index in [1.54, 1.807) is 18.2 Å². The molecule has 5 heteroatoms. The summed E-state index contributed by atoms with van der Waals surface area (Å²) in [5.74, 6) is -0.513. The number of hydrogen-bond donors (Lipinski definition) is 2. The van der Waals surface area contributed by atoms with Gasteiger partial charge in [-0.05, 0) is 30.9 Å². The van der Waals surface area contributed by atoms with Crippen LogP contribution in [-0.4, -0.2) is 18.0 Å². The second-order valence-corrected chi connectivity index (χ2v) is 4.76. The number of nitrogens with two attached hydrogens (primary N) is 1.